The standard InChI is InChI=1S/C16H24N6O2S/c1-5-6-10(2)13-20-21-15(25-13)19-14(23)17-7-8-22-12(4)9-11(3)18-16(22)24/h9-10H,5-8H2,1-4H3,(H2,17,19,21,23). The first-order valence-electron chi connectivity index (χ1n) is 8.34. The second-order valence-electron chi connectivity index (χ2n) is 5.99. The molecular weight excluding hydrogens is 340 g/mol. The molecule has 0 spiro atoms. The van der Waals surface area contributed by atoms with Crippen molar-refractivity contribution in [1.82, 2.24) is 25.1 Å². The maximum atomic E-state index is 11.9. The minimum absolute atomic E-state index is 0.307. The average molecular weight is 364 g/mol. The molecule has 2 rings (SSSR count). The van der Waals surface area contributed by atoms with Crippen LogP contribution in [0.2, 0.25) is 0 Å². The van der Waals surface area contributed by atoms with Crippen molar-refractivity contribution in [3.63, 3.8) is 0 Å². The third-order valence-corrected chi connectivity index (χ3v) is 4.84. The number of aromatic nitrogens is 4. The zero-order chi connectivity index (χ0) is 18.4. The molecule has 1 atom stereocenters. The van der Waals surface area contributed by atoms with Crippen molar-refractivity contribution in [3.8, 4) is 0 Å². The molecule has 25 heavy (non-hydrogen) atoms. The van der Waals surface area contributed by atoms with Crippen molar-refractivity contribution in [1.29, 1.82) is 0 Å². The van der Waals surface area contributed by atoms with Gasteiger partial charge in [-0.15, -0.1) is 10.2 Å². The maximum Gasteiger partial charge on any atom is 0.348 e. The van der Waals surface area contributed by atoms with Gasteiger partial charge in [0.25, 0.3) is 0 Å². The summed E-state index contributed by atoms with van der Waals surface area (Å²) in [6.07, 6.45) is 2.12. The summed E-state index contributed by atoms with van der Waals surface area (Å²) in [7, 11) is 0. The number of urea groups is 1. The van der Waals surface area contributed by atoms with Gasteiger partial charge in [0.2, 0.25) is 5.13 Å². The van der Waals surface area contributed by atoms with E-state index >= 15 is 0 Å². The van der Waals surface area contributed by atoms with E-state index in [1.807, 2.05) is 13.0 Å². The van der Waals surface area contributed by atoms with Gasteiger partial charge in [-0.1, -0.05) is 31.6 Å². The molecule has 0 saturated carbocycles. The van der Waals surface area contributed by atoms with Crippen LogP contribution in [0.4, 0.5) is 9.93 Å². The van der Waals surface area contributed by atoms with Crippen LogP contribution >= 0.6 is 11.3 Å². The highest BCUT2D eigenvalue weighted by Crippen LogP contribution is 2.26. The number of carbonyl (C=O) groups is 1. The molecule has 2 heterocycles. The SMILES string of the molecule is CCCC(C)c1nnc(NC(=O)NCCn2c(C)cc(C)nc2=O)s1. The molecule has 0 aliphatic carbocycles. The molecule has 2 aromatic rings. The summed E-state index contributed by atoms with van der Waals surface area (Å²) in [6, 6.07) is 1.47. The van der Waals surface area contributed by atoms with Gasteiger partial charge >= 0.3 is 11.7 Å². The first-order valence-corrected chi connectivity index (χ1v) is 9.15. The van der Waals surface area contributed by atoms with Crippen molar-refractivity contribution in [2.24, 2.45) is 0 Å². The summed E-state index contributed by atoms with van der Waals surface area (Å²) in [5.74, 6) is 0.338. The molecule has 136 valence electrons. The summed E-state index contributed by atoms with van der Waals surface area (Å²) in [4.78, 5) is 27.7. The molecule has 0 saturated heterocycles. The van der Waals surface area contributed by atoms with Crippen LogP contribution in [0.15, 0.2) is 10.9 Å². The molecule has 0 fully saturated rings. The van der Waals surface area contributed by atoms with Gasteiger partial charge in [0.15, 0.2) is 0 Å². The van der Waals surface area contributed by atoms with E-state index < -0.39 is 0 Å². The van der Waals surface area contributed by atoms with E-state index in [4.69, 9.17) is 0 Å². The normalized spacial score (nSPS) is 12.0. The highest BCUT2D eigenvalue weighted by molar-refractivity contribution is 7.15. The van der Waals surface area contributed by atoms with Crippen LogP contribution in [0.1, 0.15) is 49.0 Å². The fourth-order valence-corrected chi connectivity index (χ4v) is 3.33. The molecule has 0 aliphatic rings. The Morgan fingerprint density at radius 3 is 2.80 bits per heavy atom. The minimum Gasteiger partial charge on any atom is -0.336 e. The quantitative estimate of drug-likeness (QED) is 0.786. The Balaban J connectivity index is 1.84. The Hall–Kier alpha value is -2.29. The molecule has 2 amide bonds. The van der Waals surface area contributed by atoms with Crippen LogP contribution in [0.5, 0.6) is 0 Å². The first-order chi connectivity index (χ1) is 11.9. The lowest BCUT2D eigenvalue weighted by molar-refractivity contribution is 0.251. The third-order valence-electron chi connectivity index (χ3n) is 3.77. The van der Waals surface area contributed by atoms with Crippen LogP contribution in [0.25, 0.3) is 0 Å². The Morgan fingerprint density at radius 1 is 1.36 bits per heavy atom. The van der Waals surface area contributed by atoms with Crippen molar-refractivity contribution in [2.45, 2.75) is 53.0 Å². The lowest BCUT2D eigenvalue weighted by atomic mass is 10.1. The fraction of sp³-hybridized carbons (Fsp3) is 0.562. The number of nitrogens with zero attached hydrogens (tertiary/aromatic N) is 4. The van der Waals surface area contributed by atoms with Crippen LogP contribution < -0.4 is 16.3 Å². The van der Waals surface area contributed by atoms with Crippen molar-refractivity contribution in [3.05, 3.63) is 32.9 Å². The monoisotopic (exact) mass is 364 g/mol. The Morgan fingerprint density at radius 2 is 2.12 bits per heavy atom. The Labute approximate surface area is 150 Å². The zero-order valence-electron chi connectivity index (χ0n) is 15.0. The van der Waals surface area contributed by atoms with Gasteiger partial charge in [-0.2, -0.15) is 4.98 Å². The molecule has 0 aromatic carbocycles. The molecule has 2 aromatic heterocycles. The fourth-order valence-electron chi connectivity index (χ4n) is 2.51. The average Bonchev–Trinajstić information content (AvgIpc) is 2.98. The Bertz CT molecular complexity index is 785. The molecule has 9 heteroatoms. The van der Waals surface area contributed by atoms with Crippen LogP contribution in [0, 0.1) is 13.8 Å². The molecule has 0 aliphatic heterocycles. The molecule has 8 nitrogen and oxygen atoms in total. The van der Waals surface area contributed by atoms with Gasteiger partial charge in [0, 0.05) is 30.4 Å². The molecular formula is C16H24N6O2S. The largest absolute Gasteiger partial charge is 0.348 e. The zero-order valence-corrected chi connectivity index (χ0v) is 15.8. The van der Waals surface area contributed by atoms with Gasteiger partial charge in [-0.25, -0.2) is 9.59 Å². The molecule has 2 N–H and O–H groups in total. The minimum atomic E-state index is -0.364. The Kier molecular flexibility index (Phi) is 6.63. The lowest BCUT2D eigenvalue weighted by Crippen LogP contribution is -2.35. The van der Waals surface area contributed by atoms with E-state index in [1.165, 1.54) is 15.9 Å². The smallest absolute Gasteiger partial charge is 0.336 e. The topological polar surface area (TPSA) is 102 Å². The van der Waals surface area contributed by atoms with E-state index in [0.717, 1.165) is 23.5 Å². The summed E-state index contributed by atoms with van der Waals surface area (Å²) in [5.41, 5.74) is 1.20. The summed E-state index contributed by atoms with van der Waals surface area (Å²) in [5, 5.41) is 14.9. The number of rotatable bonds is 7. The summed E-state index contributed by atoms with van der Waals surface area (Å²) in [6.45, 7) is 8.53. The molecule has 0 bridgehead atoms. The predicted molar refractivity (Wildman–Crippen MR) is 98.2 cm³/mol. The third kappa shape index (κ3) is 5.35. The highest BCUT2D eigenvalue weighted by Gasteiger charge is 2.13. The van der Waals surface area contributed by atoms with Gasteiger partial charge in [-0.3, -0.25) is 9.88 Å². The van der Waals surface area contributed by atoms with Crippen molar-refractivity contribution in [2.75, 3.05) is 11.9 Å². The second-order valence-corrected chi connectivity index (χ2v) is 7.00. The lowest BCUT2D eigenvalue weighted by Gasteiger charge is -2.10. The van der Waals surface area contributed by atoms with E-state index in [2.05, 4.69) is 39.7 Å². The van der Waals surface area contributed by atoms with Crippen molar-refractivity contribution < 1.29 is 4.79 Å². The second kappa shape index (κ2) is 8.70. The summed E-state index contributed by atoms with van der Waals surface area (Å²) < 4.78 is 1.53. The number of hydrogen-bond donors (Lipinski definition) is 2. The van der Waals surface area contributed by atoms with Gasteiger partial charge in [0.1, 0.15) is 5.01 Å². The highest BCUT2D eigenvalue weighted by atomic mass is 32.1. The molecule has 0 radical (unpaired) electrons. The van der Waals surface area contributed by atoms with Crippen LogP contribution in [0.3, 0.4) is 0 Å². The first kappa shape index (κ1) is 19.0. The van der Waals surface area contributed by atoms with E-state index in [1.54, 1.807) is 6.92 Å². The van der Waals surface area contributed by atoms with E-state index in [-0.39, 0.29) is 11.7 Å². The number of amides is 2. The van der Waals surface area contributed by atoms with E-state index in [0.29, 0.717) is 29.8 Å². The van der Waals surface area contributed by atoms with E-state index in [9.17, 15) is 9.59 Å². The maximum absolute atomic E-state index is 11.9. The van der Waals surface area contributed by atoms with Crippen molar-refractivity contribution >= 4 is 22.5 Å². The number of nitrogens with one attached hydrogen (secondary N) is 2. The van der Waals surface area contributed by atoms with Crippen LogP contribution in [-0.2, 0) is 6.54 Å². The number of aryl methyl sites for hydroxylation is 2. The summed E-state index contributed by atoms with van der Waals surface area (Å²) >= 11 is 1.39. The van der Waals surface area contributed by atoms with Gasteiger partial charge < -0.3 is 5.32 Å². The molecule has 1 unspecified atom stereocenters. The van der Waals surface area contributed by atoms with Gasteiger partial charge in [0.05, 0.1) is 0 Å². The number of hydrogen-bond acceptors (Lipinski definition) is 6. The predicted octanol–water partition coefficient (Wildman–Crippen LogP) is 2.44. The van der Waals surface area contributed by atoms with Gasteiger partial charge in [-0.05, 0) is 26.3 Å². The number of carbonyl (C=O) groups excluding carboxylic acids is 1. The number of anilines is 1. The van der Waals surface area contributed by atoms with Crippen LogP contribution in [-0.4, -0.2) is 32.3 Å².